The number of fused-ring (bicyclic) bond motifs is 3. The Kier molecular flexibility index (Phi) is 2.05. The van der Waals surface area contributed by atoms with Crippen molar-refractivity contribution in [1.29, 1.82) is 0 Å². The molecule has 2 fully saturated rings. The molecule has 0 saturated carbocycles. The van der Waals surface area contributed by atoms with Gasteiger partial charge in [-0.1, -0.05) is 0 Å². The quantitative estimate of drug-likeness (QED) is 0.780. The molecule has 2 aliphatic heterocycles. The molecule has 94 valence electrons. The molecule has 2 bridgehead atoms. The summed E-state index contributed by atoms with van der Waals surface area (Å²) in [5, 5.41) is 14.5. The summed E-state index contributed by atoms with van der Waals surface area (Å²) >= 11 is 0. The van der Waals surface area contributed by atoms with E-state index in [0.717, 1.165) is 24.2 Å². The predicted octanol–water partition coefficient (Wildman–Crippen LogP) is 0.831. The molecule has 0 aliphatic carbocycles. The van der Waals surface area contributed by atoms with Crippen LogP contribution in [0.4, 0.5) is 0 Å². The van der Waals surface area contributed by atoms with Gasteiger partial charge in [-0.2, -0.15) is 0 Å². The molecule has 4 heterocycles. The second-order valence-corrected chi connectivity index (χ2v) is 5.53. The van der Waals surface area contributed by atoms with E-state index in [0.29, 0.717) is 12.1 Å². The molecule has 2 N–H and O–H groups in total. The molecule has 0 aromatic carbocycles. The van der Waals surface area contributed by atoms with E-state index in [9.17, 15) is 5.11 Å². The summed E-state index contributed by atoms with van der Waals surface area (Å²) in [6.07, 6.45) is 11.0. The third-order valence-corrected chi connectivity index (χ3v) is 4.30. The highest BCUT2D eigenvalue weighted by Crippen LogP contribution is 2.40. The number of aliphatic hydroxyl groups is 1. The van der Waals surface area contributed by atoms with Crippen molar-refractivity contribution >= 4 is 5.65 Å². The molecular formula is C13H16N4O. The first-order valence-electron chi connectivity index (χ1n) is 6.51. The molecule has 2 saturated heterocycles. The van der Waals surface area contributed by atoms with Crippen LogP contribution in [0.5, 0.6) is 0 Å². The number of aromatic nitrogens is 3. The van der Waals surface area contributed by atoms with E-state index >= 15 is 0 Å². The van der Waals surface area contributed by atoms with Crippen molar-refractivity contribution < 1.29 is 5.11 Å². The largest absolute Gasteiger partial charge is 0.383 e. The van der Waals surface area contributed by atoms with Gasteiger partial charge in [-0.15, -0.1) is 0 Å². The second-order valence-electron chi connectivity index (χ2n) is 5.53. The second kappa shape index (κ2) is 3.52. The van der Waals surface area contributed by atoms with Gasteiger partial charge in [0.15, 0.2) is 5.65 Å². The van der Waals surface area contributed by atoms with Crippen molar-refractivity contribution in [2.24, 2.45) is 0 Å². The summed E-state index contributed by atoms with van der Waals surface area (Å²) in [6, 6.07) is 0.891. The standard InChI is InChI=1S/C13H16N4O/c18-13(5-9-1-2-10(6-13)16-9)11-7-15-12-8-14-3-4-17(11)12/h3-4,7-10,16,18H,1-2,5-6H2. The zero-order valence-corrected chi connectivity index (χ0v) is 10.1. The van der Waals surface area contributed by atoms with Crippen LogP contribution in [0.3, 0.4) is 0 Å². The Balaban J connectivity index is 1.82. The molecule has 0 radical (unpaired) electrons. The third-order valence-electron chi connectivity index (χ3n) is 4.30. The van der Waals surface area contributed by atoms with E-state index in [1.165, 1.54) is 12.8 Å². The maximum absolute atomic E-state index is 11.0. The van der Waals surface area contributed by atoms with Crippen LogP contribution in [-0.4, -0.2) is 31.6 Å². The smallest absolute Gasteiger partial charge is 0.155 e. The molecule has 4 rings (SSSR count). The molecule has 2 aromatic rings. The lowest BCUT2D eigenvalue weighted by atomic mass is 9.85. The van der Waals surface area contributed by atoms with Gasteiger partial charge >= 0.3 is 0 Å². The number of nitrogens with one attached hydrogen (secondary N) is 1. The van der Waals surface area contributed by atoms with Gasteiger partial charge < -0.3 is 10.4 Å². The Morgan fingerprint density at radius 3 is 2.83 bits per heavy atom. The van der Waals surface area contributed by atoms with Crippen molar-refractivity contribution in [3.05, 3.63) is 30.5 Å². The van der Waals surface area contributed by atoms with Crippen LogP contribution in [-0.2, 0) is 5.60 Å². The van der Waals surface area contributed by atoms with Crippen molar-refractivity contribution in [3.63, 3.8) is 0 Å². The monoisotopic (exact) mass is 244 g/mol. The van der Waals surface area contributed by atoms with Crippen molar-refractivity contribution in [3.8, 4) is 0 Å². The normalized spacial score (nSPS) is 35.2. The minimum Gasteiger partial charge on any atom is -0.383 e. The lowest BCUT2D eigenvalue weighted by Crippen LogP contribution is -2.47. The predicted molar refractivity (Wildman–Crippen MR) is 66.1 cm³/mol. The average molecular weight is 244 g/mol. The van der Waals surface area contributed by atoms with Crippen LogP contribution in [0, 0.1) is 0 Å². The molecule has 0 spiro atoms. The molecule has 2 unspecified atom stereocenters. The molecular weight excluding hydrogens is 228 g/mol. The Labute approximate surface area is 105 Å². The maximum Gasteiger partial charge on any atom is 0.155 e. The van der Waals surface area contributed by atoms with Crippen molar-refractivity contribution in [2.45, 2.75) is 43.4 Å². The van der Waals surface area contributed by atoms with E-state index in [1.807, 2.05) is 10.6 Å². The van der Waals surface area contributed by atoms with Gasteiger partial charge in [0.1, 0.15) is 5.60 Å². The first kappa shape index (κ1) is 10.5. The fourth-order valence-corrected chi connectivity index (χ4v) is 3.52. The Morgan fingerprint density at radius 1 is 1.28 bits per heavy atom. The number of piperidine rings is 1. The van der Waals surface area contributed by atoms with Gasteiger partial charge in [0.25, 0.3) is 0 Å². The van der Waals surface area contributed by atoms with E-state index in [2.05, 4.69) is 15.3 Å². The Bertz CT molecular complexity index is 581. The summed E-state index contributed by atoms with van der Waals surface area (Å²) in [4.78, 5) is 8.39. The SMILES string of the molecule is OC1(c2cnc3cnccn23)CC2CCC(C1)N2. The van der Waals surface area contributed by atoms with Crippen molar-refractivity contribution in [2.75, 3.05) is 0 Å². The van der Waals surface area contributed by atoms with Crippen molar-refractivity contribution in [1.82, 2.24) is 19.7 Å². The number of hydrogen-bond acceptors (Lipinski definition) is 4. The van der Waals surface area contributed by atoms with Gasteiger partial charge in [-0.3, -0.25) is 9.38 Å². The maximum atomic E-state index is 11.0. The summed E-state index contributed by atoms with van der Waals surface area (Å²) in [5.41, 5.74) is 0.947. The van der Waals surface area contributed by atoms with Gasteiger partial charge in [0.05, 0.1) is 18.1 Å². The first-order valence-corrected chi connectivity index (χ1v) is 6.51. The fraction of sp³-hybridized carbons (Fsp3) is 0.538. The van der Waals surface area contributed by atoms with Crippen LogP contribution in [0.2, 0.25) is 0 Å². The van der Waals surface area contributed by atoms with Gasteiger partial charge in [-0.05, 0) is 25.7 Å². The molecule has 18 heavy (non-hydrogen) atoms. The molecule has 0 amide bonds. The Hall–Kier alpha value is -1.46. The lowest BCUT2D eigenvalue weighted by molar-refractivity contribution is -0.0159. The minimum atomic E-state index is -0.752. The number of imidazole rings is 1. The van der Waals surface area contributed by atoms with E-state index in [4.69, 9.17) is 0 Å². The number of nitrogens with zero attached hydrogens (tertiary/aromatic N) is 3. The number of rotatable bonds is 1. The van der Waals surface area contributed by atoms with Crippen LogP contribution in [0.25, 0.3) is 5.65 Å². The minimum absolute atomic E-state index is 0.445. The Morgan fingerprint density at radius 2 is 2.06 bits per heavy atom. The summed E-state index contributed by atoms with van der Waals surface area (Å²) in [5.74, 6) is 0. The van der Waals surface area contributed by atoms with Gasteiger partial charge in [0.2, 0.25) is 0 Å². The fourth-order valence-electron chi connectivity index (χ4n) is 3.52. The summed E-state index contributed by atoms with van der Waals surface area (Å²) < 4.78 is 1.96. The molecule has 2 aromatic heterocycles. The van der Waals surface area contributed by atoms with Crippen LogP contribution >= 0.6 is 0 Å². The lowest BCUT2D eigenvalue weighted by Gasteiger charge is -2.36. The molecule has 2 aliphatic rings. The van der Waals surface area contributed by atoms with E-state index in [1.54, 1.807) is 18.6 Å². The molecule has 5 nitrogen and oxygen atoms in total. The summed E-state index contributed by atoms with van der Waals surface area (Å²) in [7, 11) is 0. The first-order chi connectivity index (χ1) is 8.74. The highest BCUT2D eigenvalue weighted by atomic mass is 16.3. The van der Waals surface area contributed by atoms with Gasteiger partial charge in [-0.25, -0.2) is 4.98 Å². The molecule has 2 atom stereocenters. The van der Waals surface area contributed by atoms with Crippen LogP contribution in [0.15, 0.2) is 24.8 Å². The van der Waals surface area contributed by atoms with Crippen LogP contribution < -0.4 is 5.32 Å². The third kappa shape index (κ3) is 1.41. The summed E-state index contributed by atoms with van der Waals surface area (Å²) in [6.45, 7) is 0. The highest BCUT2D eigenvalue weighted by Gasteiger charge is 2.44. The van der Waals surface area contributed by atoms with E-state index < -0.39 is 5.60 Å². The highest BCUT2D eigenvalue weighted by molar-refractivity contribution is 5.39. The zero-order chi connectivity index (χ0) is 12.2. The average Bonchev–Trinajstić information content (AvgIpc) is 2.93. The van der Waals surface area contributed by atoms with Gasteiger partial charge in [0, 0.05) is 24.5 Å². The zero-order valence-electron chi connectivity index (χ0n) is 10.1. The van der Waals surface area contributed by atoms with Crippen LogP contribution in [0.1, 0.15) is 31.4 Å². The topological polar surface area (TPSA) is 62.5 Å². The molecule has 5 heteroatoms. The van der Waals surface area contributed by atoms with E-state index in [-0.39, 0.29) is 0 Å². The number of hydrogen-bond donors (Lipinski definition) is 2.